The molecule has 2 heterocycles. The first-order valence-corrected chi connectivity index (χ1v) is 6.37. The maximum atomic E-state index is 10.5. The molecule has 1 aromatic rings. The number of hydrogen-bond acceptors (Lipinski definition) is 6. The molecule has 2 fully saturated rings. The van der Waals surface area contributed by atoms with Gasteiger partial charge < -0.3 is 14.6 Å². The quantitative estimate of drug-likeness (QED) is 0.797. The second-order valence-electron chi connectivity index (χ2n) is 4.38. The third-order valence-electron chi connectivity index (χ3n) is 3.41. The van der Waals surface area contributed by atoms with Crippen molar-refractivity contribution >= 4 is 11.3 Å². The van der Waals surface area contributed by atoms with E-state index in [1.54, 1.807) is 5.51 Å². The third kappa shape index (κ3) is 1.66. The van der Waals surface area contributed by atoms with Gasteiger partial charge in [-0.05, 0) is 12.8 Å². The van der Waals surface area contributed by atoms with Crippen LogP contribution in [-0.4, -0.2) is 34.3 Å². The van der Waals surface area contributed by atoms with Crippen LogP contribution in [-0.2, 0) is 15.1 Å². The Balaban J connectivity index is 1.74. The molecule has 3 rings (SSSR count). The molecule has 0 amide bonds. The normalized spacial score (nSPS) is 27.3. The fraction of sp³-hybridized carbons (Fsp3) is 0.800. The molecule has 16 heavy (non-hydrogen) atoms. The van der Waals surface area contributed by atoms with Crippen LogP contribution in [0.15, 0.2) is 5.51 Å². The summed E-state index contributed by atoms with van der Waals surface area (Å²) in [6.07, 6.45) is 2.70. The zero-order valence-corrected chi connectivity index (χ0v) is 9.70. The van der Waals surface area contributed by atoms with E-state index in [1.165, 1.54) is 11.3 Å². The van der Waals surface area contributed by atoms with E-state index in [-0.39, 0.29) is 0 Å². The van der Waals surface area contributed by atoms with Crippen molar-refractivity contribution in [2.45, 2.75) is 37.1 Å². The van der Waals surface area contributed by atoms with Gasteiger partial charge in [-0.2, -0.15) is 0 Å². The van der Waals surface area contributed by atoms with Gasteiger partial charge in [0.2, 0.25) is 0 Å². The largest absolute Gasteiger partial charge is 0.383 e. The summed E-state index contributed by atoms with van der Waals surface area (Å²) in [5, 5.41) is 18.9. The molecular formula is C10H14N2O3S. The maximum absolute atomic E-state index is 10.5. The molecule has 1 aliphatic heterocycles. The molecular weight excluding hydrogens is 228 g/mol. The van der Waals surface area contributed by atoms with Crippen LogP contribution in [0.4, 0.5) is 0 Å². The predicted octanol–water partition coefficient (Wildman–Crippen LogP) is 1.04. The summed E-state index contributed by atoms with van der Waals surface area (Å²) < 4.78 is 11.3. The van der Waals surface area contributed by atoms with Crippen molar-refractivity contribution in [1.82, 2.24) is 10.2 Å². The molecule has 5 nitrogen and oxygen atoms in total. The molecule has 0 bridgehead atoms. The van der Waals surface area contributed by atoms with Crippen LogP contribution >= 0.6 is 11.3 Å². The lowest BCUT2D eigenvalue weighted by molar-refractivity contribution is -0.204. The van der Waals surface area contributed by atoms with E-state index in [0.717, 1.165) is 12.8 Å². The zero-order chi connectivity index (χ0) is 11.1. The predicted molar refractivity (Wildman–Crippen MR) is 56.9 cm³/mol. The first kappa shape index (κ1) is 10.6. The maximum Gasteiger partial charge on any atom is 0.168 e. The second kappa shape index (κ2) is 3.73. The topological polar surface area (TPSA) is 64.5 Å². The molecule has 1 saturated carbocycles. The van der Waals surface area contributed by atoms with Gasteiger partial charge in [-0.3, -0.25) is 0 Å². The third-order valence-corrected chi connectivity index (χ3v) is 4.30. The van der Waals surface area contributed by atoms with E-state index in [0.29, 0.717) is 31.1 Å². The van der Waals surface area contributed by atoms with Crippen LogP contribution in [0.3, 0.4) is 0 Å². The Morgan fingerprint density at radius 3 is 2.44 bits per heavy atom. The molecule has 6 heteroatoms. The van der Waals surface area contributed by atoms with Gasteiger partial charge in [-0.15, -0.1) is 21.5 Å². The molecule has 1 saturated heterocycles. The van der Waals surface area contributed by atoms with Crippen molar-refractivity contribution in [3.05, 3.63) is 10.5 Å². The summed E-state index contributed by atoms with van der Waals surface area (Å²) in [6.45, 7) is 1.33. The fourth-order valence-corrected chi connectivity index (χ4v) is 3.13. The van der Waals surface area contributed by atoms with Crippen molar-refractivity contribution in [3.63, 3.8) is 0 Å². The zero-order valence-electron chi connectivity index (χ0n) is 8.89. The number of hydrogen-bond donors (Lipinski definition) is 1. The lowest BCUT2D eigenvalue weighted by Crippen LogP contribution is -2.42. The summed E-state index contributed by atoms with van der Waals surface area (Å²) in [7, 11) is 0. The van der Waals surface area contributed by atoms with E-state index in [2.05, 4.69) is 10.2 Å². The summed E-state index contributed by atoms with van der Waals surface area (Å²) in [5.74, 6) is -0.434. The van der Waals surface area contributed by atoms with Gasteiger partial charge in [0.05, 0.1) is 13.2 Å². The Hall–Kier alpha value is -0.560. The Labute approximate surface area is 97.4 Å². The summed E-state index contributed by atoms with van der Waals surface area (Å²) >= 11 is 1.41. The minimum Gasteiger partial charge on any atom is -0.383 e. The Morgan fingerprint density at radius 1 is 1.19 bits per heavy atom. The van der Waals surface area contributed by atoms with E-state index >= 15 is 0 Å². The Bertz CT molecular complexity index is 352. The van der Waals surface area contributed by atoms with Crippen molar-refractivity contribution in [1.29, 1.82) is 0 Å². The fourth-order valence-electron chi connectivity index (χ4n) is 2.42. The van der Waals surface area contributed by atoms with Gasteiger partial charge >= 0.3 is 0 Å². The number of nitrogens with zero attached hydrogens (tertiary/aromatic N) is 2. The standard InChI is InChI=1S/C10H14N2O3S/c13-9(8-12-11-7-16-8)1-3-10(4-2-9)14-5-6-15-10/h7,13H,1-6H2. The molecule has 1 N–H and O–H groups in total. The lowest BCUT2D eigenvalue weighted by atomic mass is 9.82. The van der Waals surface area contributed by atoms with Crippen LogP contribution in [0.25, 0.3) is 0 Å². The average Bonchev–Trinajstić information content (AvgIpc) is 2.96. The molecule has 1 spiro atoms. The molecule has 0 aromatic carbocycles. The number of aromatic nitrogens is 2. The average molecular weight is 242 g/mol. The minimum absolute atomic E-state index is 0.434. The highest BCUT2D eigenvalue weighted by atomic mass is 32.1. The van der Waals surface area contributed by atoms with Crippen LogP contribution in [0, 0.1) is 0 Å². The minimum atomic E-state index is -0.832. The Morgan fingerprint density at radius 2 is 1.88 bits per heavy atom. The molecule has 2 aliphatic rings. The van der Waals surface area contributed by atoms with Crippen LogP contribution < -0.4 is 0 Å². The van der Waals surface area contributed by atoms with Gasteiger partial charge in [-0.25, -0.2) is 0 Å². The van der Waals surface area contributed by atoms with Crippen molar-refractivity contribution in [3.8, 4) is 0 Å². The molecule has 88 valence electrons. The van der Waals surface area contributed by atoms with Crippen LogP contribution in [0.2, 0.25) is 0 Å². The highest BCUT2D eigenvalue weighted by Crippen LogP contribution is 2.44. The Kier molecular flexibility index (Phi) is 2.47. The first-order valence-electron chi connectivity index (χ1n) is 5.50. The SMILES string of the molecule is OC1(c2nncs2)CCC2(CC1)OCCO2. The number of rotatable bonds is 1. The van der Waals surface area contributed by atoms with Crippen molar-refractivity contribution in [2.75, 3.05) is 13.2 Å². The molecule has 0 radical (unpaired) electrons. The summed E-state index contributed by atoms with van der Waals surface area (Å²) in [5.41, 5.74) is 0.821. The van der Waals surface area contributed by atoms with Gasteiger partial charge in [-0.1, -0.05) is 0 Å². The first-order chi connectivity index (χ1) is 7.73. The highest BCUT2D eigenvalue weighted by molar-refractivity contribution is 7.09. The smallest absolute Gasteiger partial charge is 0.168 e. The number of ether oxygens (including phenoxy) is 2. The molecule has 1 aliphatic carbocycles. The number of aliphatic hydroxyl groups is 1. The van der Waals surface area contributed by atoms with Crippen molar-refractivity contribution < 1.29 is 14.6 Å². The van der Waals surface area contributed by atoms with Crippen LogP contribution in [0.5, 0.6) is 0 Å². The summed E-state index contributed by atoms with van der Waals surface area (Å²) in [4.78, 5) is 0. The monoisotopic (exact) mass is 242 g/mol. The molecule has 0 unspecified atom stereocenters. The van der Waals surface area contributed by atoms with Gasteiger partial charge in [0, 0.05) is 12.8 Å². The molecule has 1 aromatic heterocycles. The van der Waals surface area contributed by atoms with Crippen molar-refractivity contribution in [2.24, 2.45) is 0 Å². The van der Waals surface area contributed by atoms with Gasteiger partial charge in [0.15, 0.2) is 5.79 Å². The summed E-state index contributed by atoms with van der Waals surface area (Å²) in [6, 6.07) is 0. The van der Waals surface area contributed by atoms with E-state index < -0.39 is 11.4 Å². The highest BCUT2D eigenvalue weighted by Gasteiger charge is 2.47. The van der Waals surface area contributed by atoms with E-state index in [1.807, 2.05) is 0 Å². The lowest BCUT2D eigenvalue weighted by Gasteiger charge is -2.39. The van der Waals surface area contributed by atoms with Gasteiger partial charge in [0.1, 0.15) is 16.1 Å². The molecule has 0 atom stereocenters. The van der Waals surface area contributed by atoms with Crippen LogP contribution in [0.1, 0.15) is 30.7 Å². The second-order valence-corrected chi connectivity index (χ2v) is 5.22. The van der Waals surface area contributed by atoms with E-state index in [9.17, 15) is 5.11 Å². The van der Waals surface area contributed by atoms with E-state index in [4.69, 9.17) is 9.47 Å². The van der Waals surface area contributed by atoms with Gasteiger partial charge in [0.25, 0.3) is 0 Å².